The van der Waals surface area contributed by atoms with Crippen LogP contribution in [0.2, 0.25) is 0 Å². The molecule has 2 amide bonds. The molecule has 2 rings (SSSR count). The average molecular weight is 387 g/mol. The number of piperidine rings is 1. The Hall–Kier alpha value is -2.29. The van der Waals surface area contributed by atoms with Crippen molar-refractivity contribution in [2.24, 2.45) is 11.7 Å². The van der Waals surface area contributed by atoms with Crippen molar-refractivity contribution < 1.29 is 27.5 Å². The molecule has 0 bridgehead atoms. The van der Waals surface area contributed by atoms with E-state index in [1.807, 2.05) is 0 Å². The highest BCUT2D eigenvalue weighted by molar-refractivity contribution is 5.83. The van der Waals surface area contributed by atoms with E-state index in [9.17, 15) is 22.8 Å². The van der Waals surface area contributed by atoms with Gasteiger partial charge in [0.2, 0.25) is 5.91 Å². The number of alkyl halides is 3. The van der Waals surface area contributed by atoms with Gasteiger partial charge in [-0.2, -0.15) is 13.2 Å². The highest BCUT2D eigenvalue weighted by Crippen LogP contribution is 2.36. The van der Waals surface area contributed by atoms with Crippen molar-refractivity contribution in [3.8, 4) is 5.75 Å². The highest BCUT2D eigenvalue weighted by Gasteiger charge is 2.36. The van der Waals surface area contributed by atoms with E-state index in [-0.39, 0.29) is 24.1 Å². The van der Waals surface area contributed by atoms with Crippen LogP contribution in [0.25, 0.3) is 0 Å². The number of nitrogens with one attached hydrogen (secondary N) is 1. The summed E-state index contributed by atoms with van der Waals surface area (Å²) < 4.78 is 44.5. The molecule has 1 aliphatic rings. The Morgan fingerprint density at radius 1 is 1.37 bits per heavy atom. The first-order valence-corrected chi connectivity index (χ1v) is 8.83. The Morgan fingerprint density at radius 3 is 2.74 bits per heavy atom. The number of para-hydroxylation sites is 1. The third kappa shape index (κ3) is 5.59. The number of amides is 2. The molecule has 0 spiro atoms. The van der Waals surface area contributed by atoms with Gasteiger partial charge in [-0.25, -0.2) is 0 Å². The van der Waals surface area contributed by atoms with Gasteiger partial charge in [-0.1, -0.05) is 12.1 Å². The average Bonchev–Trinajstić information content (AvgIpc) is 2.65. The van der Waals surface area contributed by atoms with Gasteiger partial charge in [0, 0.05) is 26.2 Å². The Balaban J connectivity index is 2.02. The van der Waals surface area contributed by atoms with Crippen molar-refractivity contribution >= 4 is 11.8 Å². The van der Waals surface area contributed by atoms with E-state index in [0.717, 1.165) is 6.07 Å². The molecular formula is C18H24F3N3O3. The molecule has 27 heavy (non-hydrogen) atoms. The van der Waals surface area contributed by atoms with Gasteiger partial charge in [0.1, 0.15) is 5.75 Å². The topological polar surface area (TPSA) is 84.7 Å². The van der Waals surface area contributed by atoms with Crippen LogP contribution in [-0.2, 0) is 15.8 Å². The minimum Gasteiger partial charge on any atom is -0.480 e. The third-order valence-electron chi connectivity index (χ3n) is 4.39. The van der Waals surface area contributed by atoms with E-state index in [0.29, 0.717) is 32.5 Å². The smallest absolute Gasteiger partial charge is 0.419 e. The number of benzene rings is 1. The first kappa shape index (κ1) is 21.0. The minimum atomic E-state index is -4.57. The SMILES string of the molecule is CC(Oc1ccccc1C(F)(F)F)C(=O)N1CCCC(C(=O)NCCN)C1. The quantitative estimate of drug-likeness (QED) is 0.779. The van der Waals surface area contributed by atoms with Crippen molar-refractivity contribution in [2.45, 2.75) is 32.0 Å². The largest absolute Gasteiger partial charge is 0.480 e. The van der Waals surface area contributed by atoms with Crippen molar-refractivity contribution in [3.05, 3.63) is 29.8 Å². The predicted octanol–water partition coefficient (Wildman–Crippen LogP) is 1.79. The second-order valence-electron chi connectivity index (χ2n) is 6.46. The molecule has 1 aliphatic heterocycles. The number of likely N-dealkylation sites (tertiary alicyclic amines) is 1. The predicted molar refractivity (Wildman–Crippen MR) is 92.9 cm³/mol. The van der Waals surface area contributed by atoms with Crippen molar-refractivity contribution in [2.75, 3.05) is 26.2 Å². The normalized spacial score (nSPS) is 18.7. The Bertz CT molecular complexity index is 667. The summed E-state index contributed by atoms with van der Waals surface area (Å²) in [5, 5.41) is 2.70. The fourth-order valence-corrected chi connectivity index (χ4v) is 3.03. The molecule has 2 atom stereocenters. The van der Waals surface area contributed by atoms with E-state index in [1.165, 1.54) is 30.0 Å². The molecule has 0 aromatic heterocycles. The van der Waals surface area contributed by atoms with Gasteiger partial charge in [-0.15, -0.1) is 0 Å². The summed E-state index contributed by atoms with van der Waals surface area (Å²) >= 11 is 0. The van der Waals surface area contributed by atoms with Gasteiger partial charge in [0.25, 0.3) is 5.91 Å². The lowest BCUT2D eigenvalue weighted by Crippen LogP contribution is -2.49. The number of carbonyl (C=O) groups is 2. The van der Waals surface area contributed by atoms with E-state index in [4.69, 9.17) is 10.5 Å². The van der Waals surface area contributed by atoms with Crippen LogP contribution in [0.15, 0.2) is 24.3 Å². The lowest BCUT2D eigenvalue weighted by molar-refractivity contribution is -0.145. The van der Waals surface area contributed by atoms with Crippen LogP contribution in [0.4, 0.5) is 13.2 Å². The maximum Gasteiger partial charge on any atom is 0.419 e. The van der Waals surface area contributed by atoms with Crippen LogP contribution in [0.3, 0.4) is 0 Å². The van der Waals surface area contributed by atoms with E-state index in [1.54, 1.807) is 0 Å². The molecule has 1 heterocycles. The first-order chi connectivity index (χ1) is 12.7. The van der Waals surface area contributed by atoms with Crippen LogP contribution in [0.1, 0.15) is 25.3 Å². The number of nitrogens with zero attached hydrogens (tertiary/aromatic N) is 1. The lowest BCUT2D eigenvalue weighted by atomic mass is 9.96. The summed E-state index contributed by atoms with van der Waals surface area (Å²) in [6.07, 6.45) is -4.39. The Labute approximate surface area is 155 Å². The van der Waals surface area contributed by atoms with Crippen molar-refractivity contribution in [3.63, 3.8) is 0 Å². The number of halogens is 3. The van der Waals surface area contributed by atoms with Crippen LogP contribution < -0.4 is 15.8 Å². The third-order valence-corrected chi connectivity index (χ3v) is 4.39. The van der Waals surface area contributed by atoms with Crippen LogP contribution in [-0.4, -0.2) is 49.0 Å². The summed E-state index contributed by atoms with van der Waals surface area (Å²) in [4.78, 5) is 26.2. The van der Waals surface area contributed by atoms with Crippen LogP contribution in [0, 0.1) is 5.92 Å². The van der Waals surface area contributed by atoms with E-state index >= 15 is 0 Å². The Morgan fingerprint density at radius 2 is 2.07 bits per heavy atom. The zero-order chi connectivity index (χ0) is 20.0. The van der Waals surface area contributed by atoms with Gasteiger partial charge in [0.05, 0.1) is 11.5 Å². The summed E-state index contributed by atoms with van der Waals surface area (Å²) in [6.45, 7) is 2.74. The molecule has 1 saturated heterocycles. The molecule has 3 N–H and O–H groups in total. The fourth-order valence-electron chi connectivity index (χ4n) is 3.03. The molecule has 1 fully saturated rings. The second kappa shape index (κ2) is 9.07. The van der Waals surface area contributed by atoms with Crippen molar-refractivity contribution in [1.29, 1.82) is 0 Å². The van der Waals surface area contributed by atoms with Gasteiger partial charge >= 0.3 is 6.18 Å². The highest BCUT2D eigenvalue weighted by atomic mass is 19.4. The zero-order valence-electron chi connectivity index (χ0n) is 15.1. The van der Waals surface area contributed by atoms with Gasteiger partial charge < -0.3 is 20.7 Å². The second-order valence-corrected chi connectivity index (χ2v) is 6.46. The standard InChI is InChI=1S/C18H24F3N3O3/c1-12(27-15-7-3-2-6-14(15)18(19,20)21)17(26)24-10-4-5-13(11-24)16(25)23-9-8-22/h2-3,6-7,12-13H,4-5,8-11,22H2,1H3,(H,23,25). The molecule has 0 saturated carbocycles. The van der Waals surface area contributed by atoms with E-state index < -0.39 is 23.8 Å². The van der Waals surface area contributed by atoms with Crippen molar-refractivity contribution in [1.82, 2.24) is 10.2 Å². The van der Waals surface area contributed by atoms with Gasteiger partial charge in [-0.3, -0.25) is 9.59 Å². The van der Waals surface area contributed by atoms with Crippen LogP contribution >= 0.6 is 0 Å². The Kier molecular flexibility index (Phi) is 7.06. The lowest BCUT2D eigenvalue weighted by Gasteiger charge is -2.33. The van der Waals surface area contributed by atoms with E-state index in [2.05, 4.69) is 5.32 Å². The van der Waals surface area contributed by atoms with Crippen LogP contribution in [0.5, 0.6) is 5.75 Å². The fraction of sp³-hybridized carbons (Fsp3) is 0.556. The molecular weight excluding hydrogens is 363 g/mol. The maximum atomic E-state index is 13.1. The van der Waals surface area contributed by atoms with Gasteiger partial charge in [-0.05, 0) is 31.9 Å². The summed E-state index contributed by atoms with van der Waals surface area (Å²) in [5.41, 5.74) is 4.43. The minimum absolute atomic E-state index is 0.172. The number of carbonyl (C=O) groups excluding carboxylic acids is 2. The molecule has 0 aliphatic carbocycles. The monoisotopic (exact) mass is 387 g/mol. The number of hydrogen-bond acceptors (Lipinski definition) is 4. The first-order valence-electron chi connectivity index (χ1n) is 8.83. The maximum absolute atomic E-state index is 13.1. The number of nitrogens with two attached hydrogens (primary N) is 1. The zero-order valence-corrected chi connectivity index (χ0v) is 15.1. The number of rotatable bonds is 6. The summed E-state index contributed by atoms with van der Waals surface area (Å²) in [5.74, 6) is -1.36. The van der Waals surface area contributed by atoms with Gasteiger partial charge in [0.15, 0.2) is 6.10 Å². The molecule has 9 heteroatoms. The molecule has 150 valence electrons. The molecule has 1 aromatic rings. The molecule has 1 aromatic carbocycles. The molecule has 0 radical (unpaired) electrons. The summed E-state index contributed by atoms with van der Waals surface area (Å²) in [7, 11) is 0. The number of hydrogen-bond donors (Lipinski definition) is 2. The summed E-state index contributed by atoms with van der Waals surface area (Å²) in [6, 6.07) is 4.77. The number of ether oxygens (including phenoxy) is 1. The molecule has 6 nitrogen and oxygen atoms in total. The molecule has 2 unspecified atom stereocenters.